The highest BCUT2D eigenvalue weighted by molar-refractivity contribution is 6.30. The lowest BCUT2D eigenvalue weighted by molar-refractivity contribution is 0.103. The zero-order valence-corrected chi connectivity index (χ0v) is 21.4. The van der Waals surface area contributed by atoms with Crippen LogP contribution in [-0.2, 0) is 13.0 Å². The van der Waals surface area contributed by atoms with Crippen LogP contribution in [0.15, 0.2) is 97.1 Å². The number of nitrogens with one attached hydrogen (secondary N) is 1. The third-order valence-electron chi connectivity index (χ3n) is 6.11. The number of hydrogen-bond acceptors (Lipinski definition) is 5. The van der Waals surface area contributed by atoms with Gasteiger partial charge in [-0.3, -0.25) is 4.79 Å². The van der Waals surface area contributed by atoms with Gasteiger partial charge in [-0.05, 0) is 78.2 Å². The first-order chi connectivity index (χ1) is 18.1. The van der Waals surface area contributed by atoms with E-state index in [0.717, 1.165) is 29.8 Å². The molecule has 190 valence electrons. The molecule has 4 aromatic rings. The van der Waals surface area contributed by atoms with Gasteiger partial charge in [0.2, 0.25) is 0 Å². The van der Waals surface area contributed by atoms with Gasteiger partial charge in [0.05, 0.1) is 19.8 Å². The zero-order valence-electron chi connectivity index (χ0n) is 20.7. The molecule has 6 heteroatoms. The number of carbonyl (C=O) groups excluding carboxylic acids is 1. The van der Waals surface area contributed by atoms with Gasteiger partial charge in [0.15, 0.2) is 5.78 Å². The Kier molecular flexibility index (Phi) is 9.33. The lowest BCUT2D eigenvalue weighted by Gasteiger charge is -2.18. The normalized spacial score (nSPS) is 11.6. The lowest BCUT2D eigenvalue weighted by atomic mass is 10.0. The van der Waals surface area contributed by atoms with Crippen molar-refractivity contribution in [3.8, 4) is 11.5 Å². The number of aliphatic hydroxyl groups is 1. The summed E-state index contributed by atoms with van der Waals surface area (Å²) in [6, 6.07) is 29.8. The zero-order chi connectivity index (χ0) is 26.0. The maximum absolute atomic E-state index is 12.8. The van der Waals surface area contributed by atoms with Gasteiger partial charge in [-0.15, -0.1) is 0 Å². The standard InChI is InChI=1S/C31H30ClNO4/c1-36-28-14-8-22(9-15-28)16-17-33-30(20-34)25-5-2-4-23(18-25)21-37-29-7-3-6-26(19-29)31(35)24-10-12-27(32)13-11-24/h2-15,18-19,30,33-34H,16-17,20-21H2,1H3/t30-/m1/s1. The van der Waals surface area contributed by atoms with E-state index >= 15 is 0 Å². The monoisotopic (exact) mass is 515 g/mol. The largest absolute Gasteiger partial charge is 0.497 e. The van der Waals surface area contributed by atoms with Crippen LogP contribution in [0.5, 0.6) is 11.5 Å². The molecule has 0 unspecified atom stereocenters. The molecule has 4 rings (SSSR count). The maximum atomic E-state index is 12.8. The Bertz CT molecular complexity index is 1310. The molecule has 0 amide bonds. The van der Waals surface area contributed by atoms with E-state index in [0.29, 0.717) is 28.5 Å². The van der Waals surface area contributed by atoms with Crippen molar-refractivity contribution in [2.75, 3.05) is 20.3 Å². The fourth-order valence-electron chi connectivity index (χ4n) is 4.03. The number of rotatable bonds is 12. The third kappa shape index (κ3) is 7.43. The summed E-state index contributed by atoms with van der Waals surface area (Å²) >= 11 is 5.93. The molecule has 0 heterocycles. The van der Waals surface area contributed by atoms with Crippen LogP contribution in [0.25, 0.3) is 0 Å². The number of ketones is 1. The number of ether oxygens (including phenoxy) is 2. The molecular formula is C31H30ClNO4. The Labute approximate surface area is 222 Å². The van der Waals surface area contributed by atoms with Crippen LogP contribution in [0.2, 0.25) is 5.02 Å². The second-order valence-electron chi connectivity index (χ2n) is 8.68. The summed E-state index contributed by atoms with van der Waals surface area (Å²) in [7, 11) is 1.66. The number of methoxy groups -OCH3 is 1. The molecule has 0 aliphatic rings. The number of hydrogen-bond donors (Lipinski definition) is 2. The molecule has 2 N–H and O–H groups in total. The number of carbonyl (C=O) groups is 1. The minimum Gasteiger partial charge on any atom is -0.497 e. The van der Waals surface area contributed by atoms with Gasteiger partial charge in [0, 0.05) is 16.1 Å². The molecule has 5 nitrogen and oxygen atoms in total. The van der Waals surface area contributed by atoms with Crippen LogP contribution in [0.3, 0.4) is 0 Å². The van der Waals surface area contributed by atoms with Crippen LogP contribution in [0.1, 0.15) is 38.7 Å². The molecule has 0 aliphatic carbocycles. The van der Waals surface area contributed by atoms with Crippen LogP contribution >= 0.6 is 11.6 Å². The highest BCUT2D eigenvalue weighted by atomic mass is 35.5. The molecule has 4 aromatic carbocycles. The first-order valence-electron chi connectivity index (χ1n) is 12.1. The summed E-state index contributed by atoms with van der Waals surface area (Å²) in [5.74, 6) is 1.36. The van der Waals surface area contributed by atoms with Crippen molar-refractivity contribution in [1.82, 2.24) is 5.32 Å². The summed E-state index contributed by atoms with van der Waals surface area (Å²) < 4.78 is 11.2. The van der Waals surface area contributed by atoms with Crippen molar-refractivity contribution >= 4 is 17.4 Å². The Balaban J connectivity index is 1.34. The summed E-state index contributed by atoms with van der Waals surface area (Å²) in [6.45, 7) is 1.06. The number of aliphatic hydroxyl groups excluding tert-OH is 1. The first-order valence-corrected chi connectivity index (χ1v) is 12.5. The predicted molar refractivity (Wildman–Crippen MR) is 147 cm³/mol. The van der Waals surface area contributed by atoms with Crippen LogP contribution in [0, 0.1) is 0 Å². The fraction of sp³-hybridized carbons (Fsp3) is 0.194. The molecule has 0 saturated carbocycles. The summed E-state index contributed by atoms with van der Waals surface area (Å²) in [4.78, 5) is 12.8. The summed E-state index contributed by atoms with van der Waals surface area (Å²) in [6.07, 6.45) is 0.842. The molecular weight excluding hydrogens is 486 g/mol. The van der Waals surface area contributed by atoms with Crippen molar-refractivity contribution in [1.29, 1.82) is 0 Å². The van der Waals surface area contributed by atoms with Gasteiger partial charge >= 0.3 is 0 Å². The Hall–Kier alpha value is -3.64. The fourth-order valence-corrected chi connectivity index (χ4v) is 4.16. The molecule has 0 aromatic heterocycles. The van der Waals surface area contributed by atoms with Gasteiger partial charge in [0.25, 0.3) is 0 Å². The number of halogens is 1. The smallest absolute Gasteiger partial charge is 0.193 e. The Morgan fingerprint density at radius 2 is 1.62 bits per heavy atom. The van der Waals surface area contributed by atoms with E-state index in [9.17, 15) is 9.90 Å². The molecule has 0 saturated heterocycles. The first kappa shape index (κ1) is 26.4. The van der Waals surface area contributed by atoms with Crippen molar-refractivity contribution in [2.45, 2.75) is 19.1 Å². The predicted octanol–water partition coefficient (Wildman–Crippen LogP) is 6.02. The molecule has 0 spiro atoms. The van der Waals surface area contributed by atoms with Crippen molar-refractivity contribution in [3.63, 3.8) is 0 Å². The topological polar surface area (TPSA) is 67.8 Å². The van der Waals surface area contributed by atoms with E-state index < -0.39 is 0 Å². The van der Waals surface area contributed by atoms with Gasteiger partial charge in [-0.25, -0.2) is 0 Å². The Morgan fingerprint density at radius 3 is 2.35 bits per heavy atom. The van der Waals surface area contributed by atoms with E-state index in [4.69, 9.17) is 21.1 Å². The molecule has 0 fully saturated rings. The maximum Gasteiger partial charge on any atom is 0.193 e. The third-order valence-corrected chi connectivity index (χ3v) is 6.36. The number of benzene rings is 4. The highest BCUT2D eigenvalue weighted by Gasteiger charge is 2.12. The van der Waals surface area contributed by atoms with Gasteiger partial charge in [-0.1, -0.05) is 60.1 Å². The summed E-state index contributed by atoms with van der Waals surface area (Å²) in [5, 5.41) is 14.0. The second-order valence-corrected chi connectivity index (χ2v) is 9.12. The van der Waals surface area contributed by atoms with Crippen LogP contribution < -0.4 is 14.8 Å². The molecule has 37 heavy (non-hydrogen) atoms. The van der Waals surface area contributed by atoms with Crippen molar-refractivity contribution in [2.24, 2.45) is 0 Å². The average Bonchev–Trinajstić information content (AvgIpc) is 2.95. The van der Waals surface area contributed by atoms with Crippen molar-refractivity contribution < 1.29 is 19.4 Å². The molecule has 0 aliphatic heterocycles. The molecule has 1 atom stereocenters. The minimum atomic E-state index is -0.182. The lowest BCUT2D eigenvalue weighted by Crippen LogP contribution is -2.26. The van der Waals surface area contributed by atoms with Gasteiger partial charge in [-0.2, -0.15) is 0 Å². The average molecular weight is 516 g/mol. The summed E-state index contributed by atoms with van der Waals surface area (Å²) in [5.41, 5.74) is 4.29. The van der Waals surface area contributed by atoms with Gasteiger partial charge in [0.1, 0.15) is 18.1 Å². The van der Waals surface area contributed by atoms with E-state index in [-0.39, 0.29) is 18.4 Å². The van der Waals surface area contributed by atoms with E-state index in [1.807, 2.05) is 60.7 Å². The van der Waals surface area contributed by atoms with Crippen LogP contribution in [-0.4, -0.2) is 31.2 Å². The van der Waals surface area contributed by atoms with E-state index in [1.54, 1.807) is 43.5 Å². The van der Waals surface area contributed by atoms with Gasteiger partial charge < -0.3 is 19.9 Å². The SMILES string of the molecule is COc1ccc(CCN[C@H](CO)c2cccc(COc3cccc(C(=O)c4ccc(Cl)cc4)c3)c2)cc1. The highest BCUT2D eigenvalue weighted by Crippen LogP contribution is 2.21. The van der Waals surface area contributed by atoms with E-state index in [1.165, 1.54) is 5.56 Å². The van der Waals surface area contributed by atoms with E-state index in [2.05, 4.69) is 5.32 Å². The van der Waals surface area contributed by atoms with Crippen LogP contribution in [0.4, 0.5) is 0 Å². The molecule has 0 bridgehead atoms. The second kappa shape index (κ2) is 13.1. The van der Waals surface area contributed by atoms with Crippen molar-refractivity contribution in [3.05, 3.63) is 130 Å². The minimum absolute atomic E-state index is 0.0121. The molecule has 0 radical (unpaired) electrons. The quantitative estimate of drug-likeness (QED) is 0.226. The Morgan fingerprint density at radius 1 is 0.865 bits per heavy atom.